The van der Waals surface area contributed by atoms with Gasteiger partial charge in [-0.2, -0.15) is 0 Å². The van der Waals surface area contributed by atoms with Gasteiger partial charge in [-0.05, 0) is 0 Å². The molecule has 0 aliphatic heterocycles. The molecular weight excluding hydrogens is 162 g/mol. The Hall–Kier alpha value is -1.10. The van der Waals surface area contributed by atoms with Crippen LogP contribution in [0.25, 0.3) is 0 Å². The van der Waals surface area contributed by atoms with Gasteiger partial charge in [0, 0.05) is 6.04 Å². The average Bonchev–Trinajstić information content (AvgIpc) is 2.00. The maximum Gasteiger partial charge on any atom is 0.309 e. The van der Waals surface area contributed by atoms with Crippen molar-refractivity contribution in [3.8, 4) is 0 Å². The fraction of sp³-hybridized carbons (Fsp3) is 0.714. The summed E-state index contributed by atoms with van der Waals surface area (Å²) in [6, 6.07) is -0.685. The maximum absolute atomic E-state index is 10.8. The summed E-state index contributed by atoms with van der Waals surface area (Å²) in [5.41, 5.74) is 5.41. The van der Waals surface area contributed by atoms with Crippen LogP contribution in [0.2, 0.25) is 0 Å². The van der Waals surface area contributed by atoms with Crippen molar-refractivity contribution in [2.24, 2.45) is 11.7 Å². The lowest BCUT2D eigenvalue weighted by atomic mass is 10.0. The number of hydrogen-bond donors (Lipinski definition) is 2. The van der Waals surface area contributed by atoms with Gasteiger partial charge in [-0.3, -0.25) is 9.59 Å². The molecule has 0 radical (unpaired) electrons. The topological polar surface area (TPSA) is 89.6 Å². The first-order chi connectivity index (χ1) is 5.49. The van der Waals surface area contributed by atoms with E-state index in [0.29, 0.717) is 0 Å². The molecule has 0 aromatic rings. The van der Waals surface area contributed by atoms with E-state index in [1.165, 1.54) is 7.11 Å². The summed E-state index contributed by atoms with van der Waals surface area (Å²) in [7, 11) is 1.24. The van der Waals surface area contributed by atoms with E-state index < -0.39 is 23.9 Å². The smallest absolute Gasteiger partial charge is 0.309 e. The van der Waals surface area contributed by atoms with E-state index in [4.69, 9.17) is 10.8 Å². The first kappa shape index (κ1) is 10.9. The molecule has 12 heavy (non-hydrogen) atoms. The third kappa shape index (κ3) is 3.34. The molecule has 0 saturated carbocycles. The predicted molar refractivity (Wildman–Crippen MR) is 41.4 cm³/mol. The van der Waals surface area contributed by atoms with Crippen LogP contribution in [-0.2, 0) is 14.3 Å². The van der Waals surface area contributed by atoms with E-state index in [0.717, 1.165) is 0 Å². The Kier molecular flexibility index (Phi) is 4.28. The van der Waals surface area contributed by atoms with Gasteiger partial charge in [-0.1, -0.05) is 6.92 Å². The molecule has 0 saturated heterocycles. The molecule has 0 aliphatic carbocycles. The van der Waals surface area contributed by atoms with Gasteiger partial charge in [0.2, 0.25) is 0 Å². The Balaban J connectivity index is 4.00. The summed E-state index contributed by atoms with van der Waals surface area (Å²) >= 11 is 0. The number of esters is 1. The molecule has 0 rings (SSSR count). The number of methoxy groups -OCH3 is 1. The van der Waals surface area contributed by atoms with Gasteiger partial charge in [-0.25, -0.2) is 0 Å². The standard InChI is InChI=1S/C7H13NO4/c1-4(7(11)12-2)5(8)3-6(9)10/h4-5H,3,8H2,1-2H3,(H,9,10)/t4-,5-/m1/s1. The van der Waals surface area contributed by atoms with Crippen molar-refractivity contribution in [2.75, 3.05) is 7.11 Å². The number of rotatable bonds is 4. The second-order valence-electron chi connectivity index (χ2n) is 2.57. The van der Waals surface area contributed by atoms with Gasteiger partial charge in [-0.15, -0.1) is 0 Å². The van der Waals surface area contributed by atoms with Crippen LogP contribution in [-0.4, -0.2) is 30.2 Å². The zero-order chi connectivity index (χ0) is 9.72. The Bertz CT molecular complexity index is 180. The van der Waals surface area contributed by atoms with E-state index in [-0.39, 0.29) is 6.42 Å². The zero-order valence-electron chi connectivity index (χ0n) is 7.11. The van der Waals surface area contributed by atoms with Gasteiger partial charge < -0.3 is 15.6 Å². The molecule has 0 heterocycles. The van der Waals surface area contributed by atoms with E-state index in [1.54, 1.807) is 6.92 Å². The highest BCUT2D eigenvalue weighted by molar-refractivity contribution is 5.74. The maximum atomic E-state index is 10.8. The molecule has 0 aromatic heterocycles. The molecule has 2 atom stereocenters. The molecule has 5 heteroatoms. The van der Waals surface area contributed by atoms with Crippen molar-refractivity contribution >= 4 is 11.9 Å². The highest BCUT2D eigenvalue weighted by atomic mass is 16.5. The fourth-order valence-corrected chi connectivity index (χ4v) is 0.739. The Morgan fingerprint density at radius 2 is 2.08 bits per heavy atom. The van der Waals surface area contributed by atoms with Crippen molar-refractivity contribution in [2.45, 2.75) is 19.4 Å². The number of nitrogens with two attached hydrogens (primary N) is 1. The van der Waals surface area contributed by atoms with Crippen molar-refractivity contribution < 1.29 is 19.4 Å². The molecule has 3 N–H and O–H groups in total. The minimum absolute atomic E-state index is 0.226. The largest absolute Gasteiger partial charge is 0.481 e. The first-order valence-electron chi connectivity index (χ1n) is 3.54. The number of carboxylic acid groups (broad SMARTS) is 1. The molecule has 5 nitrogen and oxygen atoms in total. The van der Waals surface area contributed by atoms with Crippen LogP contribution in [0.3, 0.4) is 0 Å². The van der Waals surface area contributed by atoms with Crippen molar-refractivity contribution in [3.05, 3.63) is 0 Å². The predicted octanol–water partition coefficient (Wildman–Crippen LogP) is -0.402. The fourth-order valence-electron chi connectivity index (χ4n) is 0.739. The minimum Gasteiger partial charge on any atom is -0.481 e. The highest BCUT2D eigenvalue weighted by Gasteiger charge is 2.23. The first-order valence-corrected chi connectivity index (χ1v) is 3.54. The van der Waals surface area contributed by atoms with Crippen molar-refractivity contribution in [1.29, 1.82) is 0 Å². The lowest BCUT2D eigenvalue weighted by Gasteiger charge is -2.14. The third-order valence-corrected chi connectivity index (χ3v) is 1.63. The molecule has 0 bridgehead atoms. The second-order valence-corrected chi connectivity index (χ2v) is 2.57. The molecule has 0 amide bonds. The van der Waals surface area contributed by atoms with Crippen LogP contribution < -0.4 is 5.73 Å². The van der Waals surface area contributed by atoms with Gasteiger partial charge in [0.05, 0.1) is 19.4 Å². The molecule has 70 valence electrons. The monoisotopic (exact) mass is 175 g/mol. The molecule has 0 aromatic carbocycles. The SMILES string of the molecule is COC(=O)[C@H](C)[C@H](N)CC(=O)O. The Morgan fingerprint density at radius 3 is 2.42 bits per heavy atom. The van der Waals surface area contributed by atoms with Crippen LogP contribution in [0, 0.1) is 5.92 Å². The molecule has 0 fully saturated rings. The van der Waals surface area contributed by atoms with Crippen LogP contribution in [0.5, 0.6) is 0 Å². The van der Waals surface area contributed by atoms with Crippen LogP contribution in [0.4, 0.5) is 0 Å². The molecular formula is C7H13NO4. The summed E-state index contributed by atoms with van der Waals surface area (Å²) < 4.78 is 4.40. The summed E-state index contributed by atoms with van der Waals surface area (Å²) in [6.07, 6.45) is -0.226. The quantitative estimate of drug-likeness (QED) is 0.567. The minimum atomic E-state index is -1.02. The Morgan fingerprint density at radius 1 is 1.58 bits per heavy atom. The van der Waals surface area contributed by atoms with Gasteiger partial charge in [0.15, 0.2) is 0 Å². The number of carboxylic acids is 1. The number of aliphatic carboxylic acids is 1. The lowest BCUT2D eigenvalue weighted by Crippen LogP contribution is -2.36. The van der Waals surface area contributed by atoms with Crippen molar-refractivity contribution in [1.82, 2.24) is 0 Å². The van der Waals surface area contributed by atoms with Crippen LogP contribution in [0.15, 0.2) is 0 Å². The number of ether oxygens (including phenoxy) is 1. The Labute approximate surface area is 70.5 Å². The van der Waals surface area contributed by atoms with Gasteiger partial charge in [0.1, 0.15) is 0 Å². The molecule has 0 unspecified atom stereocenters. The number of hydrogen-bond acceptors (Lipinski definition) is 4. The second kappa shape index (κ2) is 4.71. The summed E-state index contributed by atoms with van der Waals surface area (Å²) in [5, 5.41) is 8.36. The summed E-state index contributed by atoms with van der Waals surface area (Å²) in [4.78, 5) is 21.0. The number of carbonyl (C=O) groups is 2. The lowest BCUT2D eigenvalue weighted by molar-refractivity contribution is -0.146. The van der Waals surface area contributed by atoms with E-state index in [2.05, 4.69) is 4.74 Å². The highest BCUT2D eigenvalue weighted by Crippen LogP contribution is 2.05. The van der Waals surface area contributed by atoms with E-state index >= 15 is 0 Å². The average molecular weight is 175 g/mol. The molecule has 0 aliphatic rings. The normalized spacial score (nSPS) is 14.9. The zero-order valence-corrected chi connectivity index (χ0v) is 7.11. The summed E-state index contributed by atoms with van der Waals surface area (Å²) in [5.74, 6) is -2.08. The molecule has 0 spiro atoms. The van der Waals surface area contributed by atoms with Gasteiger partial charge >= 0.3 is 11.9 Å². The van der Waals surface area contributed by atoms with E-state index in [9.17, 15) is 9.59 Å². The van der Waals surface area contributed by atoms with Crippen LogP contribution >= 0.6 is 0 Å². The van der Waals surface area contributed by atoms with Gasteiger partial charge in [0.25, 0.3) is 0 Å². The third-order valence-electron chi connectivity index (χ3n) is 1.63. The summed E-state index contributed by atoms with van der Waals surface area (Å²) in [6.45, 7) is 1.54. The van der Waals surface area contributed by atoms with Crippen molar-refractivity contribution in [3.63, 3.8) is 0 Å². The number of carbonyl (C=O) groups excluding carboxylic acids is 1. The van der Waals surface area contributed by atoms with E-state index in [1.807, 2.05) is 0 Å². The van der Waals surface area contributed by atoms with Crippen LogP contribution in [0.1, 0.15) is 13.3 Å².